The van der Waals surface area contributed by atoms with Crippen molar-refractivity contribution < 1.29 is 23.2 Å². The average molecular weight is 499 g/mol. The van der Waals surface area contributed by atoms with Crippen LogP contribution >= 0.6 is 0 Å². The lowest BCUT2D eigenvalue weighted by atomic mass is 9.92. The van der Waals surface area contributed by atoms with Crippen molar-refractivity contribution in [3.63, 3.8) is 0 Å². The summed E-state index contributed by atoms with van der Waals surface area (Å²) in [5.74, 6) is 1.52. The Bertz CT molecular complexity index is 1560. The van der Waals surface area contributed by atoms with E-state index in [0.717, 1.165) is 16.7 Å². The van der Waals surface area contributed by atoms with Gasteiger partial charge in [0.05, 0.1) is 17.3 Å². The van der Waals surface area contributed by atoms with Crippen molar-refractivity contribution in [2.45, 2.75) is 26.8 Å². The van der Waals surface area contributed by atoms with Gasteiger partial charge in [-0.05, 0) is 79.9 Å². The molecule has 2 amide bonds. The minimum Gasteiger partial charge on any atom is -0.454 e. The van der Waals surface area contributed by atoms with Crippen LogP contribution in [0.25, 0.3) is 17.0 Å². The van der Waals surface area contributed by atoms with Crippen molar-refractivity contribution in [2.24, 2.45) is 0 Å². The lowest BCUT2D eigenvalue weighted by Gasteiger charge is -2.35. The standard InChI is InChI=1S/C28H23FN4O4/c1-15-4-5-18(12-16(15)2)25-24(17(3)33(28(34)30-25)21-9-7-20(29)8-10-21)27-31-26(32-37-27)19-6-11-22-23(13-19)36-14-35-22/h4-13,25H,14H2,1-3H3,(H,30,34). The number of carbonyl (C=O) groups excluding carboxylic acids is 1. The summed E-state index contributed by atoms with van der Waals surface area (Å²) in [4.78, 5) is 19.5. The van der Waals surface area contributed by atoms with E-state index in [1.54, 1.807) is 24.3 Å². The number of fused-ring (bicyclic) bond motifs is 1. The van der Waals surface area contributed by atoms with E-state index < -0.39 is 6.04 Å². The molecule has 4 aromatic rings. The van der Waals surface area contributed by atoms with E-state index in [1.165, 1.54) is 17.0 Å². The van der Waals surface area contributed by atoms with Crippen LogP contribution in [0.2, 0.25) is 0 Å². The number of urea groups is 1. The minimum absolute atomic E-state index is 0.166. The van der Waals surface area contributed by atoms with E-state index in [1.807, 2.05) is 45.0 Å². The molecule has 0 saturated carbocycles. The number of amides is 2. The molecule has 1 unspecified atom stereocenters. The second-order valence-electron chi connectivity index (χ2n) is 9.03. The molecule has 0 aliphatic carbocycles. The van der Waals surface area contributed by atoms with Crippen LogP contribution in [-0.4, -0.2) is 23.0 Å². The molecule has 186 valence electrons. The Hall–Kier alpha value is -4.66. The third kappa shape index (κ3) is 3.98. The summed E-state index contributed by atoms with van der Waals surface area (Å²) in [6.45, 7) is 6.04. The van der Waals surface area contributed by atoms with E-state index in [-0.39, 0.29) is 24.5 Å². The van der Waals surface area contributed by atoms with Gasteiger partial charge in [-0.15, -0.1) is 0 Å². The number of benzene rings is 3. The molecule has 6 rings (SSSR count). The first-order valence-electron chi connectivity index (χ1n) is 11.8. The largest absolute Gasteiger partial charge is 0.454 e. The highest BCUT2D eigenvalue weighted by Gasteiger charge is 2.36. The van der Waals surface area contributed by atoms with Gasteiger partial charge in [-0.2, -0.15) is 4.98 Å². The first-order chi connectivity index (χ1) is 17.9. The number of rotatable bonds is 4. The van der Waals surface area contributed by atoms with Crippen LogP contribution in [0.5, 0.6) is 11.5 Å². The number of aryl methyl sites for hydroxylation is 2. The summed E-state index contributed by atoms with van der Waals surface area (Å²) in [6.07, 6.45) is 0. The van der Waals surface area contributed by atoms with E-state index in [2.05, 4.69) is 10.5 Å². The van der Waals surface area contributed by atoms with Gasteiger partial charge >= 0.3 is 6.03 Å². The lowest BCUT2D eigenvalue weighted by molar-refractivity contribution is 0.174. The molecule has 0 radical (unpaired) electrons. The monoisotopic (exact) mass is 498 g/mol. The molecule has 1 aromatic heterocycles. The predicted molar refractivity (Wildman–Crippen MR) is 135 cm³/mol. The maximum Gasteiger partial charge on any atom is 0.326 e. The number of hydrogen-bond acceptors (Lipinski definition) is 6. The minimum atomic E-state index is -0.534. The Labute approximate surface area is 212 Å². The molecule has 0 saturated heterocycles. The third-order valence-electron chi connectivity index (χ3n) is 6.72. The molecular formula is C28H23FN4O4. The van der Waals surface area contributed by atoms with Gasteiger partial charge in [0.15, 0.2) is 11.5 Å². The van der Waals surface area contributed by atoms with Crippen LogP contribution < -0.4 is 19.7 Å². The summed E-state index contributed by atoms with van der Waals surface area (Å²) >= 11 is 0. The normalized spacial score (nSPS) is 16.8. The number of hydrogen-bond donors (Lipinski definition) is 1. The Morgan fingerprint density at radius 3 is 2.51 bits per heavy atom. The first kappa shape index (κ1) is 22.8. The van der Waals surface area contributed by atoms with Gasteiger partial charge in [0.2, 0.25) is 12.6 Å². The van der Waals surface area contributed by atoms with Crippen LogP contribution in [0.1, 0.15) is 35.5 Å². The van der Waals surface area contributed by atoms with Gasteiger partial charge < -0.3 is 19.3 Å². The van der Waals surface area contributed by atoms with Gasteiger partial charge in [-0.3, -0.25) is 4.90 Å². The topological polar surface area (TPSA) is 89.7 Å². The van der Waals surface area contributed by atoms with Crippen molar-refractivity contribution in [1.82, 2.24) is 15.5 Å². The van der Waals surface area contributed by atoms with Crippen LogP contribution in [0, 0.1) is 19.7 Å². The summed E-state index contributed by atoms with van der Waals surface area (Å²) in [5.41, 5.74) is 5.58. The Balaban J connectivity index is 1.48. The van der Waals surface area contributed by atoms with E-state index in [9.17, 15) is 9.18 Å². The van der Waals surface area contributed by atoms with E-state index >= 15 is 0 Å². The van der Waals surface area contributed by atoms with Crippen molar-refractivity contribution >= 4 is 17.3 Å². The number of anilines is 1. The van der Waals surface area contributed by atoms with Gasteiger partial charge in [0, 0.05) is 11.3 Å². The molecule has 1 N–H and O–H groups in total. The first-order valence-corrected chi connectivity index (χ1v) is 11.8. The maximum absolute atomic E-state index is 13.6. The van der Waals surface area contributed by atoms with Crippen molar-refractivity contribution in [1.29, 1.82) is 0 Å². The average Bonchev–Trinajstić information content (AvgIpc) is 3.56. The third-order valence-corrected chi connectivity index (χ3v) is 6.72. The molecule has 8 nitrogen and oxygen atoms in total. The molecule has 2 aliphatic heterocycles. The van der Waals surface area contributed by atoms with Gasteiger partial charge in [-0.25, -0.2) is 9.18 Å². The zero-order chi connectivity index (χ0) is 25.7. The SMILES string of the molecule is CC1=C(c2nc(-c3ccc4c(c3)OCO4)no2)C(c2ccc(C)c(C)c2)NC(=O)N1c1ccc(F)cc1. The number of allylic oxidation sites excluding steroid dienone is 1. The molecule has 1 atom stereocenters. The Morgan fingerprint density at radius 2 is 1.73 bits per heavy atom. The highest BCUT2D eigenvalue weighted by molar-refractivity contribution is 6.01. The lowest BCUT2D eigenvalue weighted by Crippen LogP contribution is -2.46. The number of carbonyl (C=O) groups is 1. The van der Waals surface area contributed by atoms with Crippen LogP contribution in [0.3, 0.4) is 0 Å². The summed E-state index contributed by atoms with van der Waals surface area (Å²) in [5, 5.41) is 7.29. The molecule has 2 aliphatic rings. The zero-order valence-corrected chi connectivity index (χ0v) is 20.4. The van der Waals surface area contributed by atoms with E-state index in [4.69, 9.17) is 19.0 Å². The zero-order valence-electron chi connectivity index (χ0n) is 20.4. The number of aromatic nitrogens is 2. The molecular weight excluding hydrogens is 475 g/mol. The quantitative estimate of drug-likeness (QED) is 0.376. The van der Waals surface area contributed by atoms with Gasteiger partial charge in [0.1, 0.15) is 5.82 Å². The molecule has 37 heavy (non-hydrogen) atoms. The van der Waals surface area contributed by atoms with Crippen LogP contribution in [0.15, 0.2) is 70.9 Å². The van der Waals surface area contributed by atoms with Crippen LogP contribution in [0.4, 0.5) is 14.9 Å². The molecule has 3 aromatic carbocycles. The molecule has 0 spiro atoms. The number of nitrogens with one attached hydrogen (secondary N) is 1. The van der Waals surface area contributed by atoms with Gasteiger partial charge in [0.25, 0.3) is 5.89 Å². The Kier molecular flexibility index (Phi) is 5.40. The molecule has 9 heteroatoms. The number of nitrogens with zero attached hydrogens (tertiary/aromatic N) is 3. The smallest absolute Gasteiger partial charge is 0.326 e. The molecule has 3 heterocycles. The predicted octanol–water partition coefficient (Wildman–Crippen LogP) is 5.92. The fourth-order valence-corrected chi connectivity index (χ4v) is 4.60. The fourth-order valence-electron chi connectivity index (χ4n) is 4.60. The van der Waals surface area contributed by atoms with Crippen molar-refractivity contribution in [3.8, 4) is 22.9 Å². The summed E-state index contributed by atoms with van der Waals surface area (Å²) < 4.78 is 30.2. The molecule has 0 bridgehead atoms. The molecule has 0 fully saturated rings. The van der Waals surface area contributed by atoms with Crippen molar-refractivity contribution in [2.75, 3.05) is 11.7 Å². The van der Waals surface area contributed by atoms with Crippen molar-refractivity contribution in [3.05, 3.63) is 94.8 Å². The second kappa shape index (κ2) is 8.77. The summed E-state index contributed by atoms with van der Waals surface area (Å²) in [6, 6.07) is 16.3. The number of ether oxygens (including phenoxy) is 2. The second-order valence-corrected chi connectivity index (χ2v) is 9.03. The fraction of sp³-hybridized carbons (Fsp3) is 0.179. The van der Waals surface area contributed by atoms with E-state index in [0.29, 0.717) is 39.8 Å². The van der Waals surface area contributed by atoms with Crippen LogP contribution in [-0.2, 0) is 0 Å². The number of halogens is 1. The summed E-state index contributed by atoms with van der Waals surface area (Å²) in [7, 11) is 0. The highest BCUT2D eigenvalue weighted by Crippen LogP contribution is 2.40. The highest BCUT2D eigenvalue weighted by atomic mass is 19.1. The van der Waals surface area contributed by atoms with Gasteiger partial charge in [-0.1, -0.05) is 23.4 Å². The maximum atomic E-state index is 13.6. The Morgan fingerprint density at radius 1 is 0.946 bits per heavy atom.